The maximum Gasteiger partial charge on any atom is 0.257 e. The van der Waals surface area contributed by atoms with Crippen molar-refractivity contribution < 1.29 is 17.0 Å². The molecular weight excluding hydrogens is 398 g/mol. The summed E-state index contributed by atoms with van der Waals surface area (Å²) in [5, 5.41) is 1.94. The van der Waals surface area contributed by atoms with Gasteiger partial charge in [0.2, 0.25) is 0 Å². The molecule has 25 heavy (non-hydrogen) atoms. The number of hydrogen-bond donors (Lipinski definition) is 0. The van der Waals surface area contributed by atoms with Crippen molar-refractivity contribution in [1.82, 2.24) is 4.57 Å². The van der Waals surface area contributed by atoms with E-state index >= 15 is 0 Å². The summed E-state index contributed by atoms with van der Waals surface area (Å²) in [4.78, 5) is 0. The van der Waals surface area contributed by atoms with Gasteiger partial charge in [-0.1, -0.05) is 46.9 Å². The van der Waals surface area contributed by atoms with Crippen molar-refractivity contribution in [2.75, 3.05) is 0 Å². The largest absolute Gasteiger partial charge is 1.00 e. The minimum atomic E-state index is 0. The molecule has 2 aromatic carbocycles. The average molecular weight is 414 g/mol. The van der Waals surface area contributed by atoms with Crippen LogP contribution < -0.4 is 17.0 Å². The summed E-state index contributed by atoms with van der Waals surface area (Å²) in [5.74, 6) is 1.34. The van der Waals surface area contributed by atoms with Crippen LogP contribution >= 0.6 is 34.8 Å². The van der Waals surface area contributed by atoms with Gasteiger partial charge in [0.05, 0.1) is 23.0 Å². The first kappa shape index (κ1) is 18.6. The maximum absolute atomic E-state index is 6.21. The number of benzene rings is 2. The summed E-state index contributed by atoms with van der Waals surface area (Å²) in [7, 11) is 0. The Balaban J connectivity index is 0.00000182. The molecule has 0 bridgehead atoms. The molecule has 0 radical (unpaired) electrons. The first-order chi connectivity index (χ1) is 11.6. The molecule has 0 fully saturated rings. The number of nitrogens with zero attached hydrogens (tertiary/aromatic N) is 2. The monoisotopic (exact) mass is 412 g/mol. The van der Waals surface area contributed by atoms with E-state index in [1.807, 2.05) is 36.4 Å². The van der Waals surface area contributed by atoms with Gasteiger partial charge in [0.25, 0.3) is 5.82 Å². The lowest BCUT2D eigenvalue weighted by Gasteiger charge is -2.01. The predicted molar refractivity (Wildman–Crippen MR) is 99.0 cm³/mol. The van der Waals surface area contributed by atoms with Crippen LogP contribution in [-0.2, 0) is 19.5 Å². The van der Waals surface area contributed by atoms with Crippen LogP contribution in [0.15, 0.2) is 48.7 Å². The quantitative estimate of drug-likeness (QED) is 0.583. The molecule has 0 spiro atoms. The topological polar surface area (TPSA) is 8.81 Å². The third kappa shape index (κ3) is 3.68. The molecular formula is C19H16Cl4N2. The molecule has 0 saturated carbocycles. The Morgan fingerprint density at radius 2 is 1.84 bits per heavy atom. The fraction of sp³-hybridized carbons (Fsp3) is 0.211. The van der Waals surface area contributed by atoms with E-state index < -0.39 is 0 Å². The van der Waals surface area contributed by atoms with Crippen molar-refractivity contribution in [3.63, 3.8) is 0 Å². The normalized spacial score (nSPS) is 12.8. The first-order valence-electron chi connectivity index (χ1n) is 7.93. The average Bonchev–Trinajstić information content (AvgIpc) is 3.14. The van der Waals surface area contributed by atoms with Gasteiger partial charge in [-0.3, -0.25) is 0 Å². The van der Waals surface area contributed by atoms with E-state index in [9.17, 15) is 0 Å². The van der Waals surface area contributed by atoms with Gasteiger partial charge in [0.1, 0.15) is 12.7 Å². The smallest absolute Gasteiger partial charge is 0.257 e. The number of fused-ring (bicyclic) bond motifs is 1. The van der Waals surface area contributed by atoms with Crippen LogP contribution in [0.3, 0.4) is 0 Å². The summed E-state index contributed by atoms with van der Waals surface area (Å²) in [6.07, 6.45) is 4.46. The molecule has 0 aliphatic carbocycles. The van der Waals surface area contributed by atoms with Crippen LogP contribution in [0.2, 0.25) is 15.1 Å². The zero-order valence-corrected chi connectivity index (χ0v) is 16.4. The van der Waals surface area contributed by atoms with E-state index in [1.165, 1.54) is 23.5 Å². The molecule has 130 valence electrons. The number of hydrogen-bond acceptors (Lipinski definition) is 0. The van der Waals surface area contributed by atoms with E-state index in [0.29, 0.717) is 10.0 Å². The Morgan fingerprint density at radius 3 is 2.60 bits per heavy atom. The van der Waals surface area contributed by atoms with Crippen molar-refractivity contribution in [2.24, 2.45) is 0 Å². The van der Waals surface area contributed by atoms with Gasteiger partial charge >= 0.3 is 0 Å². The van der Waals surface area contributed by atoms with Gasteiger partial charge in [-0.15, -0.1) is 0 Å². The second-order valence-electron chi connectivity index (χ2n) is 6.07. The van der Waals surface area contributed by atoms with E-state index in [1.54, 1.807) is 0 Å². The molecule has 0 N–H and O–H groups in total. The summed E-state index contributed by atoms with van der Waals surface area (Å²) < 4.78 is 4.70. The summed E-state index contributed by atoms with van der Waals surface area (Å²) in [5.41, 5.74) is 3.48. The van der Waals surface area contributed by atoms with Crippen molar-refractivity contribution >= 4 is 34.8 Å². The van der Waals surface area contributed by atoms with Gasteiger partial charge < -0.3 is 12.4 Å². The lowest BCUT2D eigenvalue weighted by Crippen LogP contribution is -3.00. The van der Waals surface area contributed by atoms with Crippen LogP contribution in [0, 0.1) is 0 Å². The van der Waals surface area contributed by atoms with Crippen molar-refractivity contribution in [3.05, 3.63) is 75.1 Å². The minimum Gasteiger partial charge on any atom is -1.00 e. The van der Waals surface area contributed by atoms with E-state index in [4.69, 9.17) is 34.8 Å². The number of rotatable bonds is 3. The SMILES string of the molecule is Clc1cccc(C[n+]2cc(-c3ccc(Cl)c(Cl)c3)n3c2CCC3)c1.[Cl-]. The highest BCUT2D eigenvalue weighted by molar-refractivity contribution is 6.42. The van der Waals surface area contributed by atoms with Crippen LogP contribution in [0.1, 0.15) is 17.8 Å². The number of aromatic nitrogens is 2. The first-order valence-corrected chi connectivity index (χ1v) is 9.07. The fourth-order valence-corrected chi connectivity index (χ4v) is 3.87. The Kier molecular flexibility index (Phi) is 5.65. The highest BCUT2D eigenvalue weighted by atomic mass is 35.5. The molecule has 0 atom stereocenters. The molecule has 3 aromatic rings. The molecule has 1 aliphatic heterocycles. The molecule has 0 saturated heterocycles. The minimum absolute atomic E-state index is 0. The fourth-order valence-electron chi connectivity index (χ4n) is 3.36. The lowest BCUT2D eigenvalue weighted by molar-refractivity contribution is -0.694. The zero-order valence-electron chi connectivity index (χ0n) is 13.4. The predicted octanol–water partition coefficient (Wildman–Crippen LogP) is 2.40. The Bertz CT molecular complexity index is 918. The van der Waals surface area contributed by atoms with Gasteiger partial charge in [-0.2, -0.15) is 0 Å². The molecule has 0 unspecified atom stereocenters. The Morgan fingerprint density at radius 1 is 1.00 bits per heavy atom. The van der Waals surface area contributed by atoms with Gasteiger partial charge in [-0.05, 0) is 42.3 Å². The van der Waals surface area contributed by atoms with Crippen LogP contribution in [0.5, 0.6) is 0 Å². The van der Waals surface area contributed by atoms with Crippen molar-refractivity contribution in [3.8, 4) is 11.3 Å². The molecule has 2 heterocycles. The van der Waals surface area contributed by atoms with Crippen LogP contribution in [0.4, 0.5) is 0 Å². The van der Waals surface area contributed by atoms with Gasteiger partial charge in [0, 0.05) is 10.6 Å². The second-order valence-corrected chi connectivity index (χ2v) is 7.32. The van der Waals surface area contributed by atoms with Crippen LogP contribution in [-0.4, -0.2) is 4.57 Å². The highest BCUT2D eigenvalue weighted by Gasteiger charge is 2.28. The lowest BCUT2D eigenvalue weighted by atomic mass is 10.1. The van der Waals surface area contributed by atoms with E-state index in [-0.39, 0.29) is 12.4 Å². The van der Waals surface area contributed by atoms with Gasteiger partial charge in [-0.25, -0.2) is 9.13 Å². The maximum atomic E-state index is 6.21. The standard InChI is InChI=1S/C19H16Cl3N2.ClH/c20-15-4-1-3-13(9-15)11-23-12-18(24-8-2-5-19(23)24)14-6-7-16(21)17(22)10-14;/h1,3-4,6-7,9-10,12H,2,5,8,11H2;1H/q+1;/p-1. The molecule has 4 rings (SSSR count). The number of halogens is 4. The van der Waals surface area contributed by atoms with Crippen molar-refractivity contribution in [2.45, 2.75) is 25.9 Å². The zero-order chi connectivity index (χ0) is 16.7. The van der Waals surface area contributed by atoms with E-state index in [2.05, 4.69) is 21.4 Å². The second kappa shape index (κ2) is 7.59. The highest BCUT2D eigenvalue weighted by Crippen LogP contribution is 2.30. The van der Waals surface area contributed by atoms with Gasteiger partial charge in [0.15, 0.2) is 5.69 Å². The molecule has 6 heteroatoms. The summed E-state index contributed by atoms with van der Waals surface area (Å²) in [6.45, 7) is 1.85. The molecule has 1 aromatic heterocycles. The number of imidazole rings is 1. The van der Waals surface area contributed by atoms with Crippen molar-refractivity contribution in [1.29, 1.82) is 0 Å². The molecule has 0 amide bonds. The summed E-state index contributed by atoms with van der Waals surface area (Å²) >= 11 is 18.4. The van der Waals surface area contributed by atoms with E-state index in [0.717, 1.165) is 30.1 Å². The molecule has 2 nitrogen and oxygen atoms in total. The molecule has 1 aliphatic rings. The third-order valence-electron chi connectivity index (χ3n) is 4.45. The Hall–Kier alpha value is -1.19. The third-order valence-corrected chi connectivity index (χ3v) is 5.43. The van der Waals surface area contributed by atoms with Crippen LogP contribution in [0.25, 0.3) is 11.3 Å². The Labute approximate surface area is 168 Å². The summed E-state index contributed by atoms with van der Waals surface area (Å²) in [6, 6.07) is 13.8.